The molecule has 0 aliphatic heterocycles. The lowest BCUT2D eigenvalue weighted by atomic mass is 10.0. The van der Waals surface area contributed by atoms with Crippen LogP contribution in [-0.4, -0.2) is 55.7 Å². The Labute approximate surface area is 234 Å². The zero-order valence-electron chi connectivity index (χ0n) is 22.2. The molecule has 4 aromatic rings. The molecule has 0 aliphatic carbocycles. The lowest BCUT2D eigenvalue weighted by Gasteiger charge is -2.25. The van der Waals surface area contributed by atoms with E-state index in [9.17, 15) is 34.2 Å². The number of aliphatic hydroxyl groups excluding tert-OH is 1. The first-order valence-electron chi connectivity index (χ1n) is 13.0. The lowest BCUT2D eigenvalue weighted by molar-refractivity contribution is -0.145. The number of carboxylic acids is 1. The highest BCUT2D eigenvalue weighted by molar-refractivity contribution is 5.92. The maximum absolute atomic E-state index is 13.9. The van der Waals surface area contributed by atoms with Gasteiger partial charge in [-0.05, 0) is 30.2 Å². The molecule has 212 valence electrons. The van der Waals surface area contributed by atoms with Crippen LogP contribution < -0.4 is 21.9 Å². The molecule has 2 amide bonds. The highest BCUT2D eigenvalue weighted by Gasteiger charge is 2.32. The predicted octanol–water partition coefficient (Wildman–Crippen LogP) is 1.15. The Morgan fingerprint density at radius 1 is 0.805 bits per heavy atom. The number of aliphatic hydroxyl groups is 1. The molecule has 0 spiro atoms. The Kier molecular flexibility index (Phi) is 9.10. The summed E-state index contributed by atoms with van der Waals surface area (Å²) in [7, 11) is 0. The Bertz CT molecular complexity index is 1650. The van der Waals surface area contributed by atoms with Gasteiger partial charge in [-0.2, -0.15) is 0 Å². The summed E-state index contributed by atoms with van der Waals surface area (Å²) < 4.78 is 0.831. The number of amides is 2. The summed E-state index contributed by atoms with van der Waals surface area (Å²) in [5, 5.41) is 24.4. The zero-order chi connectivity index (χ0) is 29.5. The fraction of sp³-hybridized carbons (Fsp3) is 0.233. The summed E-state index contributed by atoms with van der Waals surface area (Å²) in [5.41, 5.74) is 0.170. The Balaban J connectivity index is 1.74. The number of rotatable bonds is 11. The summed E-state index contributed by atoms with van der Waals surface area (Å²) in [4.78, 5) is 68.1. The minimum atomic E-state index is -1.62. The van der Waals surface area contributed by atoms with Gasteiger partial charge in [0.2, 0.25) is 11.8 Å². The SMILES string of the molecule is CC(O)[C@H](NC(=O)[C@H](Cc1ccccc1)NC(=O)[C@H](Cc1ccccc1)n1c(=O)[nH]c2ccccc2c1=O)C(=O)O. The second kappa shape index (κ2) is 12.9. The molecule has 0 radical (unpaired) electrons. The Morgan fingerprint density at radius 3 is 1.95 bits per heavy atom. The fourth-order valence-corrected chi connectivity index (χ4v) is 4.57. The number of fused-ring (bicyclic) bond motifs is 1. The van der Waals surface area contributed by atoms with Crippen LogP contribution in [0.4, 0.5) is 0 Å². The molecule has 1 aromatic heterocycles. The predicted molar refractivity (Wildman–Crippen MR) is 151 cm³/mol. The van der Waals surface area contributed by atoms with Crippen molar-refractivity contribution in [2.75, 3.05) is 0 Å². The van der Waals surface area contributed by atoms with Gasteiger partial charge < -0.3 is 25.8 Å². The topological polar surface area (TPSA) is 171 Å². The Hall–Kier alpha value is -5.03. The molecule has 4 atom stereocenters. The van der Waals surface area contributed by atoms with Gasteiger partial charge in [-0.1, -0.05) is 72.8 Å². The van der Waals surface area contributed by atoms with Crippen molar-refractivity contribution in [3.05, 3.63) is 117 Å². The third kappa shape index (κ3) is 6.95. The molecule has 0 aliphatic rings. The summed E-state index contributed by atoms with van der Waals surface area (Å²) in [6, 6.07) is 19.7. The third-order valence-electron chi connectivity index (χ3n) is 6.68. The molecule has 11 nitrogen and oxygen atoms in total. The van der Waals surface area contributed by atoms with Crippen molar-refractivity contribution in [1.29, 1.82) is 0 Å². The minimum absolute atomic E-state index is 0.0222. The standard InChI is InChI=1S/C30H30N4O7/c1-18(35)25(29(39)40)33-26(36)23(16-19-10-4-2-5-11-19)31-27(37)24(17-20-12-6-3-7-13-20)34-28(38)21-14-8-9-15-22(21)32-30(34)41/h2-15,18,23-25,35H,16-17H2,1H3,(H,31,37)(H,32,41)(H,33,36)(H,39,40)/t18?,23-,24-,25-/m0/s1. The number of nitrogens with one attached hydrogen (secondary N) is 3. The normalized spacial score (nSPS) is 14.0. The van der Waals surface area contributed by atoms with Crippen molar-refractivity contribution in [1.82, 2.24) is 20.2 Å². The van der Waals surface area contributed by atoms with Gasteiger partial charge in [0.25, 0.3) is 5.56 Å². The average Bonchev–Trinajstić information content (AvgIpc) is 2.95. The fourth-order valence-electron chi connectivity index (χ4n) is 4.57. The number of H-pyrrole nitrogens is 1. The van der Waals surface area contributed by atoms with E-state index in [2.05, 4.69) is 15.6 Å². The molecular weight excluding hydrogens is 528 g/mol. The average molecular weight is 559 g/mol. The number of carbonyl (C=O) groups excluding carboxylic acids is 2. The van der Waals surface area contributed by atoms with Gasteiger partial charge in [0.1, 0.15) is 12.1 Å². The van der Waals surface area contributed by atoms with Crippen LogP contribution in [0, 0.1) is 0 Å². The second-order valence-electron chi connectivity index (χ2n) is 9.67. The largest absolute Gasteiger partial charge is 0.480 e. The number of aromatic amines is 1. The van der Waals surface area contributed by atoms with E-state index in [1.807, 2.05) is 0 Å². The van der Waals surface area contributed by atoms with Crippen LogP contribution in [0.2, 0.25) is 0 Å². The van der Waals surface area contributed by atoms with Crippen LogP contribution >= 0.6 is 0 Å². The molecule has 0 fully saturated rings. The van der Waals surface area contributed by atoms with E-state index in [4.69, 9.17) is 0 Å². The van der Waals surface area contributed by atoms with E-state index >= 15 is 0 Å². The van der Waals surface area contributed by atoms with Crippen molar-refractivity contribution in [2.24, 2.45) is 0 Å². The molecule has 41 heavy (non-hydrogen) atoms. The molecule has 0 bridgehead atoms. The molecule has 4 rings (SSSR count). The van der Waals surface area contributed by atoms with Gasteiger partial charge in [0, 0.05) is 12.8 Å². The Morgan fingerprint density at radius 2 is 1.37 bits per heavy atom. The molecule has 0 saturated heterocycles. The lowest BCUT2D eigenvalue weighted by Crippen LogP contribution is -2.57. The molecule has 0 saturated carbocycles. The van der Waals surface area contributed by atoms with Crippen LogP contribution in [0.3, 0.4) is 0 Å². The zero-order valence-corrected chi connectivity index (χ0v) is 22.2. The van der Waals surface area contributed by atoms with Crippen molar-refractivity contribution < 1.29 is 24.6 Å². The smallest absolute Gasteiger partial charge is 0.329 e. The highest BCUT2D eigenvalue weighted by atomic mass is 16.4. The van der Waals surface area contributed by atoms with E-state index in [0.717, 1.165) is 4.57 Å². The first kappa shape index (κ1) is 29.0. The van der Waals surface area contributed by atoms with E-state index in [1.54, 1.807) is 78.9 Å². The first-order chi connectivity index (χ1) is 19.7. The van der Waals surface area contributed by atoms with E-state index in [-0.39, 0.29) is 18.2 Å². The number of carbonyl (C=O) groups is 3. The summed E-state index contributed by atoms with van der Waals surface area (Å²) in [6.45, 7) is 1.22. The monoisotopic (exact) mass is 558 g/mol. The highest BCUT2D eigenvalue weighted by Crippen LogP contribution is 2.15. The van der Waals surface area contributed by atoms with E-state index in [1.165, 1.54) is 13.0 Å². The van der Waals surface area contributed by atoms with Crippen LogP contribution in [0.15, 0.2) is 94.5 Å². The first-order valence-corrected chi connectivity index (χ1v) is 13.0. The van der Waals surface area contributed by atoms with E-state index < -0.39 is 53.3 Å². The summed E-state index contributed by atoms with van der Waals surface area (Å²) in [5.74, 6) is -3.10. The van der Waals surface area contributed by atoms with Gasteiger partial charge in [0.15, 0.2) is 6.04 Å². The van der Waals surface area contributed by atoms with Crippen LogP contribution in [0.5, 0.6) is 0 Å². The van der Waals surface area contributed by atoms with Crippen molar-refractivity contribution in [3.8, 4) is 0 Å². The number of aromatic nitrogens is 2. The van der Waals surface area contributed by atoms with Crippen molar-refractivity contribution in [3.63, 3.8) is 0 Å². The number of nitrogens with zero attached hydrogens (tertiary/aromatic N) is 1. The maximum atomic E-state index is 13.9. The number of aliphatic carboxylic acids is 1. The quantitative estimate of drug-likeness (QED) is 0.184. The second-order valence-corrected chi connectivity index (χ2v) is 9.67. The maximum Gasteiger partial charge on any atom is 0.329 e. The van der Waals surface area contributed by atoms with Crippen LogP contribution in [-0.2, 0) is 27.2 Å². The van der Waals surface area contributed by atoms with Crippen LogP contribution in [0.1, 0.15) is 24.1 Å². The number of hydrogen-bond acceptors (Lipinski definition) is 6. The van der Waals surface area contributed by atoms with E-state index in [0.29, 0.717) is 16.6 Å². The van der Waals surface area contributed by atoms with Gasteiger partial charge in [0.05, 0.1) is 17.0 Å². The number of hydrogen-bond donors (Lipinski definition) is 5. The van der Waals surface area contributed by atoms with Crippen molar-refractivity contribution >= 4 is 28.7 Å². The molecule has 1 unspecified atom stereocenters. The van der Waals surface area contributed by atoms with Gasteiger partial charge in [-0.25, -0.2) is 14.2 Å². The minimum Gasteiger partial charge on any atom is -0.480 e. The summed E-state index contributed by atoms with van der Waals surface area (Å²) in [6.07, 6.45) is -1.48. The van der Waals surface area contributed by atoms with Gasteiger partial charge in [-0.3, -0.25) is 14.4 Å². The number of benzene rings is 3. The van der Waals surface area contributed by atoms with Gasteiger partial charge >= 0.3 is 11.7 Å². The van der Waals surface area contributed by atoms with Crippen molar-refractivity contribution in [2.45, 2.75) is 44.0 Å². The van der Waals surface area contributed by atoms with Crippen LogP contribution in [0.25, 0.3) is 10.9 Å². The third-order valence-corrected chi connectivity index (χ3v) is 6.68. The number of carboxylic acid groups (broad SMARTS) is 1. The number of para-hydroxylation sites is 1. The van der Waals surface area contributed by atoms with Gasteiger partial charge in [-0.15, -0.1) is 0 Å². The molecule has 5 N–H and O–H groups in total. The molecule has 11 heteroatoms. The molecule has 3 aromatic carbocycles. The summed E-state index contributed by atoms with van der Waals surface area (Å²) >= 11 is 0. The molecule has 1 heterocycles. The molecular formula is C30H30N4O7.